The average Bonchev–Trinajstić information content (AvgIpc) is 2.63. The first-order valence-electron chi connectivity index (χ1n) is 8.30. The highest BCUT2D eigenvalue weighted by atomic mass is 32.2. The van der Waals surface area contributed by atoms with Gasteiger partial charge in [0.2, 0.25) is 0 Å². The molecule has 0 fully saturated rings. The zero-order valence-corrected chi connectivity index (χ0v) is 15.8. The summed E-state index contributed by atoms with van der Waals surface area (Å²) < 4.78 is 10.7. The topological polar surface area (TPSA) is 47.6 Å². The molecule has 0 aliphatic heterocycles. The van der Waals surface area contributed by atoms with Gasteiger partial charge in [-0.25, -0.2) is 0 Å². The molecule has 0 spiro atoms. The van der Waals surface area contributed by atoms with Crippen molar-refractivity contribution in [2.24, 2.45) is 0 Å². The van der Waals surface area contributed by atoms with Crippen molar-refractivity contribution in [2.45, 2.75) is 25.7 Å². The summed E-state index contributed by atoms with van der Waals surface area (Å²) in [7, 11) is 1.61. The van der Waals surface area contributed by atoms with Gasteiger partial charge in [0.05, 0.1) is 7.11 Å². The summed E-state index contributed by atoms with van der Waals surface area (Å²) in [5.74, 6) is 3.13. The second-order valence-electron chi connectivity index (χ2n) is 5.76. The molecule has 0 aliphatic carbocycles. The fraction of sp³-hybridized carbons (Fsp3) is 0.350. The molecule has 1 N–H and O–H groups in total. The Morgan fingerprint density at radius 3 is 2.36 bits per heavy atom. The van der Waals surface area contributed by atoms with Gasteiger partial charge in [-0.2, -0.15) is 11.8 Å². The number of hydrogen-bond donors (Lipinski definition) is 1. The normalized spacial score (nSPS) is 11.6. The zero-order chi connectivity index (χ0) is 18.1. The summed E-state index contributed by atoms with van der Waals surface area (Å²) in [6, 6.07) is 15.7. The number of carbonyl (C=O) groups excluding carboxylic acids is 1. The summed E-state index contributed by atoms with van der Waals surface area (Å²) >= 11 is 1.80. The lowest BCUT2D eigenvalue weighted by Crippen LogP contribution is -2.37. The lowest BCUT2D eigenvalue weighted by atomic mass is 10.2. The smallest absolute Gasteiger partial charge is 0.260 e. The highest BCUT2D eigenvalue weighted by Gasteiger charge is 2.13. The van der Waals surface area contributed by atoms with Crippen molar-refractivity contribution in [3.05, 3.63) is 59.7 Å². The highest BCUT2D eigenvalue weighted by molar-refractivity contribution is 7.98. The van der Waals surface area contributed by atoms with E-state index in [9.17, 15) is 4.79 Å². The second-order valence-corrected chi connectivity index (χ2v) is 6.87. The molecular weight excluding hydrogens is 334 g/mol. The van der Waals surface area contributed by atoms with E-state index in [0.29, 0.717) is 12.3 Å². The molecule has 1 amide bonds. The molecule has 5 heteroatoms. The summed E-state index contributed by atoms with van der Waals surface area (Å²) in [4.78, 5) is 12.1. The SMILES string of the molecule is COc1ccc(O[C@@H](C)C(=O)NCCSCc2ccc(C)cc2)cc1. The van der Waals surface area contributed by atoms with Crippen molar-refractivity contribution in [1.29, 1.82) is 0 Å². The number of ether oxygens (including phenoxy) is 2. The van der Waals surface area contributed by atoms with E-state index in [-0.39, 0.29) is 5.91 Å². The Hall–Kier alpha value is -2.14. The van der Waals surface area contributed by atoms with Crippen LogP contribution >= 0.6 is 11.8 Å². The number of carbonyl (C=O) groups is 1. The van der Waals surface area contributed by atoms with Gasteiger partial charge in [0.25, 0.3) is 5.91 Å². The molecule has 134 valence electrons. The van der Waals surface area contributed by atoms with Gasteiger partial charge >= 0.3 is 0 Å². The summed E-state index contributed by atoms with van der Waals surface area (Å²) in [6.07, 6.45) is -0.532. The quantitative estimate of drug-likeness (QED) is 0.692. The number of thioether (sulfide) groups is 1. The minimum atomic E-state index is -0.532. The zero-order valence-electron chi connectivity index (χ0n) is 15.0. The Balaban J connectivity index is 1.64. The Labute approximate surface area is 153 Å². The van der Waals surface area contributed by atoms with Crippen molar-refractivity contribution < 1.29 is 14.3 Å². The van der Waals surface area contributed by atoms with Crippen LogP contribution in [-0.2, 0) is 10.5 Å². The molecule has 2 aromatic carbocycles. The van der Waals surface area contributed by atoms with E-state index in [4.69, 9.17) is 9.47 Å². The number of rotatable bonds is 9. The molecule has 0 saturated heterocycles. The number of aryl methyl sites for hydroxylation is 1. The van der Waals surface area contributed by atoms with E-state index in [1.54, 1.807) is 37.9 Å². The Bertz CT molecular complexity index is 656. The number of benzene rings is 2. The van der Waals surface area contributed by atoms with Gasteiger partial charge in [-0.1, -0.05) is 29.8 Å². The Kier molecular flexibility index (Phi) is 7.67. The molecular formula is C20H25NO3S. The summed E-state index contributed by atoms with van der Waals surface area (Å²) in [5.41, 5.74) is 2.57. The van der Waals surface area contributed by atoms with Gasteiger partial charge in [0, 0.05) is 18.1 Å². The molecule has 0 heterocycles. The number of methoxy groups -OCH3 is 1. The van der Waals surface area contributed by atoms with Crippen LogP contribution in [0.1, 0.15) is 18.1 Å². The highest BCUT2D eigenvalue weighted by Crippen LogP contribution is 2.18. The standard InChI is InChI=1S/C20H25NO3S/c1-15-4-6-17(7-5-15)14-25-13-12-21-20(22)16(2)24-19-10-8-18(23-3)9-11-19/h4-11,16H,12-14H2,1-3H3,(H,21,22)/t16-/m0/s1. The minimum absolute atomic E-state index is 0.105. The van der Waals surface area contributed by atoms with Crippen LogP contribution in [0.2, 0.25) is 0 Å². The van der Waals surface area contributed by atoms with Crippen molar-refractivity contribution in [2.75, 3.05) is 19.4 Å². The van der Waals surface area contributed by atoms with Crippen LogP contribution in [-0.4, -0.2) is 31.4 Å². The first kappa shape index (κ1) is 19.2. The van der Waals surface area contributed by atoms with Crippen molar-refractivity contribution in [3.8, 4) is 11.5 Å². The predicted octanol–water partition coefficient (Wildman–Crippen LogP) is 3.82. The van der Waals surface area contributed by atoms with E-state index in [1.807, 2.05) is 12.1 Å². The second kappa shape index (κ2) is 9.99. The van der Waals surface area contributed by atoms with Crippen molar-refractivity contribution in [3.63, 3.8) is 0 Å². The first-order valence-corrected chi connectivity index (χ1v) is 9.45. The molecule has 0 bridgehead atoms. The van der Waals surface area contributed by atoms with E-state index < -0.39 is 6.10 Å². The van der Waals surface area contributed by atoms with Gasteiger partial charge in [0.1, 0.15) is 11.5 Å². The van der Waals surface area contributed by atoms with E-state index >= 15 is 0 Å². The van der Waals surface area contributed by atoms with Crippen LogP contribution in [0.15, 0.2) is 48.5 Å². The fourth-order valence-corrected chi connectivity index (χ4v) is 3.00. The molecule has 25 heavy (non-hydrogen) atoms. The van der Waals surface area contributed by atoms with Crippen LogP contribution < -0.4 is 14.8 Å². The van der Waals surface area contributed by atoms with Crippen molar-refractivity contribution >= 4 is 17.7 Å². The largest absolute Gasteiger partial charge is 0.497 e. The van der Waals surface area contributed by atoms with Crippen LogP contribution in [0.3, 0.4) is 0 Å². The van der Waals surface area contributed by atoms with Gasteiger partial charge < -0.3 is 14.8 Å². The molecule has 1 atom stereocenters. The van der Waals surface area contributed by atoms with Crippen LogP contribution in [0, 0.1) is 6.92 Å². The molecule has 4 nitrogen and oxygen atoms in total. The average molecular weight is 359 g/mol. The lowest BCUT2D eigenvalue weighted by Gasteiger charge is -2.15. The molecule has 0 aromatic heterocycles. The molecule has 0 radical (unpaired) electrons. The predicted molar refractivity (Wildman–Crippen MR) is 103 cm³/mol. The van der Waals surface area contributed by atoms with Gasteiger partial charge in [-0.15, -0.1) is 0 Å². The summed E-state index contributed by atoms with van der Waals surface area (Å²) in [5, 5.41) is 2.91. The molecule has 0 aliphatic rings. The van der Waals surface area contributed by atoms with E-state index in [0.717, 1.165) is 17.3 Å². The molecule has 2 rings (SSSR count). The number of hydrogen-bond acceptors (Lipinski definition) is 4. The van der Waals surface area contributed by atoms with Gasteiger partial charge in [-0.05, 0) is 43.7 Å². The lowest BCUT2D eigenvalue weighted by molar-refractivity contribution is -0.127. The number of amides is 1. The van der Waals surface area contributed by atoms with E-state index in [2.05, 4.69) is 36.5 Å². The monoisotopic (exact) mass is 359 g/mol. The maximum Gasteiger partial charge on any atom is 0.260 e. The molecule has 0 unspecified atom stereocenters. The molecule has 0 saturated carbocycles. The van der Waals surface area contributed by atoms with E-state index in [1.165, 1.54) is 11.1 Å². The summed E-state index contributed by atoms with van der Waals surface area (Å²) in [6.45, 7) is 4.46. The third-order valence-electron chi connectivity index (χ3n) is 3.68. The van der Waals surface area contributed by atoms with Gasteiger partial charge in [-0.3, -0.25) is 4.79 Å². The van der Waals surface area contributed by atoms with Crippen molar-refractivity contribution in [1.82, 2.24) is 5.32 Å². The first-order chi connectivity index (χ1) is 12.1. The number of nitrogens with one attached hydrogen (secondary N) is 1. The maximum atomic E-state index is 12.1. The molecule has 2 aromatic rings. The van der Waals surface area contributed by atoms with Crippen LogP contribution in [0.5, 0.6) is 11.5 Å². The van der Waals surface area contributed by atoms with Crippen LogP contribution in [0.4, 0.5) is 0 Å². The van der Waals surface area contributed by atoms with Gasteiger partial charge in [0.15, 0.2) is 6.10 Å². The third-order valence-corrected chi connectivity index (χ3v) is 4.71. The Morgan fingerprint density at radius 2 is 1.72 bits per heavy atom. The fourth-order valence-electron chi connectivity index (χ4n) is 2.18. The minimum Gasteiger partial charge on any atom is -0.497 e. The maximum absolute atomic E-state index is 12.1. The van der Waals surface area contributed by atoms with Crippen LogP contribution in [0.25, 0.3) is 0 Å². The Morgan fingerprint density at radius 1 is 1.08 bits per heavy atom. The third kappa shape index (κ3) is 6.70.